The van der Waals surface area contributed by atoms with Crippen LogP contribution in [0.25, 0.3) is 11.3 Å². The predicted molar refractivity (Wildman–Crippen MR) is 100 cm³/mol. The van der Waals surface area contributed by atoms with Gasteiger partial charge in [0.05, 0.1) is 5.56 Å². The highest BCUT2D eigenvalue weighted by atomic mass is 19.4. The molecule has 1 N–H and O–H groups in total. The number of carbonyl (C=O) groups excluding carboxylic acids is 1. The molecule has 0 aliphatic heterocycles. The fraction of sp³-hybridized carbons (Fsp3) is 0.381. The zero-order valence-electron chi connectivity index (χ0n) is 16.4. The Hall–Kier alpha value is -3.10. The second kappa shape index (κ2) is 7.62. The van der Waals surface area contributed by atoms with Crippen LogP contribution in [0.3, 0.4) is 0 Å². The van der Waals surface area contributed by atoms with Crippen LogP contribution in [0.5, 0.6) is 0 Å². The lowest BCUT2D eigenvalue weighted by Gasteiger charge is -2.17. The van der Waals surface area contributed by atoms with E-state index in [0.29, 0.717) is 17.6 Å². The zero-order chi connectivity index (χ0) is 21.5. The lowest BCUT2D eigenvalue weighted by Crippen LogP contribution is -2.31. The van der Waals surface area contributed by atoms with Gasteiger partial charge in [0.25, 0.3) is 5.91 Å². The Morgan fingerprint density at radius 3 is 2.63 bits per heavy atom. The molecular formula is C21H20F3N3O3. The van der Waals surface area contributed by atoms with Crippen LogP contribution in [-0.4, -0.2) is 16.0 Å². The number of halogens is 3. The molecule has 1 amide bonds. The highest BCUT2D eigenvalue weighted by Gasteiger charge is 2.33. The van der Waals surface area contributed by atoms with E-state index in [1.54, 1.807) is 0 Å². The topological polar surface area (TPSA) is 81.2 Å². The van der Waals surface area contributed by atoms with E-state index >= 15 is 0 Å². The van der Waals surface area contributed by atoms with Crippen molar-refractivity contribution in [3.8, 4) is 11.3 Å². The Bertz CT molecular complexity index is 1050. The average Bonchev–Trinajstić information content (AvgIpc) is 3.23. The lowest BCUT2D eigenvalue weighted by molar-refractivity contribution is -0.137. The number of hydrogen-bond acceptors (Lipinski definition) is 5. The summed E-state index contributed by atoms with van der Waals surface area (Å²) in [6, 6.07) is 7.12. The number of alkyl halides is 3. The van der Waals surface area contributed by atoms with Gasteiger partial charge in [0.2, 0.25) is 5.89 Å². The quantitative estimate of drug-likeness (QED) is 0.582. The minimum Gasteiger partial charge on any atom is -0.451 e. The monoisotopic (exact) mass is 419 g/mol. The normalized spacial score (nSPS) is 15.4. The van der Waals surface area contributed by atoms with Gasteiger partial charge in [0.1, 0.15) is 11.8 Å². The second-order valence-electron chi connectivity index (χ2n) is 7.70. The molecule has 0 bridgehead atoms. The van der Waals surface area contributed by atoms with E-state index < -0.39 is 23.7 Å². The van der Waals surface area contributed by atoms with Crippen LogP contribution in [0, 0.1) is 5.92 Å². The van der Waals surface area contributed by atoms with E-state index in [1.807, 2.05) is 13.8 Å². The molecule has 1 aromatic carbocycles. The molecule has 1 unspecified atom stereocenters. The first kappa shape index (κ1) is 20.2. The van der Waals surface area contributed by atoms with Crippen molar-refractivity contribution in [2.75, 3.05) is 0 Å². The van der Waals surface area contributed by atoms with Crippen molar-refractivity contribution in [1.29, 1.82) is 0 Å². The summed E-state index contributed by atoms with van der Waals surface area (Å²) < 4.78 is 49.7. The molecule has 0 saturated heterocycles. The van der Waals surface area contributed by atoms with Crippen molar-refractivity contribution in [2.24, 2.45) is 5.92 Å². The van der Waals surface area contributed by atoms with Crippen molar-refractivity contribution in [3.63, 3.8) is 0 Å². The molecule has 4 rings (SSSR count). The third-order valence-corrected chi connectivity index (χ3v) is 4.92. The Balaban J connectivity index is 1.51. The Morgan fingerprint density at radius 2 is 1.97 bits per heavy atom. The van der Waals surface area contributed by atoms with Crippen molar-refractivity contribution in [3.05, 3.63) is 59.4 Å². The summed E-state index contributed by atoms with van der Waals surface area (Å²) in [7, 11) is 0. The van der Waals surface area contributed by atoms with Crippen LogP contribution >= 0.6 is 0 Å². The van der Waals surface area contributed by atoms with Crippen molar-refractivity contribution >= 4 is 5.91 Å². The number of rotatable bonds is 6. The minimum atomic E-state index is -4.46. The van der Waals surface area contributed by atoms with Gasteiger partial charge in [-0.15, -0.1) is 0 Å². The number of nitrogens with one attached hydrogen (secondary N) is 1. The maximum Gasteiger partial charge on any atom is 0.416 e. The predicted octanol–water partition coefficient (Wildman–Crippen LogP) is 5.35. The van der Waals surface area contributed by atoms with Crippen LogP contribution < -0.4 is 5.32 Å². The maximum absolute atomic E-state index is 12.9. The Kier molecular flexibility index (Phi) is 5.13. The minimum absolute atomic E-state index is 0.0185. The van der Waals surface area contributed by atoms with E-state index in [2.05, 4.69) is 15.5 Å². The van der Waals surface area contributed by atoms with Crippen LogP contribution in [-0.2, 0) is 6.18 Å². The van der Waals surface area contributed by atoms with Gasteiger partial charge < -0.3 is 14.3 Å². The van der Waals surface area contributed by atoms with E-state index in [1.165, 1.54) is 24.3 Å². The Labute approximate surface area is 170 Å². The summed E-state index contributed by atoms with van der Waals surface area (Å²) >= 11 is 0. The standard InChI is InChI=1S/C21H20F3N3O3/c1-11(2)17(20-26-18(27-30-20)12-6-7-12)25-19(28)16-9-8-15(29-16)13-4-3-5-14(10-13)21(22,23)24/h3-5,8-12,17H,6-7H2,1-2H3,(H,25,28). The molecule has 30 heavy (non-hydrogen) atoms. The first-order valence-corrected chi connectivity index (χ1v) is 9.64. The molecule has 0 spiro atoms. The van der Waals surface area contributed by atoms with Crippen molar-refractivity contribution < 1.29 is 26.9 Å². The summed E-state index contributed by atoms with van der Waals surface area (Å²) in [4.78, 5) is 17.1. The smallest absolute Gasteiger partial charge is 0.416 e. The number of furan rings is 1. The van der Waals surface area contributed by atoms with Crippen molar-refractivity contribution in [2.45, 2.75) is 44.8 Å². The molecule has 0 radical (unpaired) electrons. The molecule has 1 atom stereocenters. The lowest BCUT2D eigenvalue weighted by atomic mass is 10.0. The van der Waals surface area contributed by atoms with Crippen LogP contribution in [0.2, 0.25) is 0 Å². The van der Waals surface area contributed by atoms with Gasteiger partial charge in [-0.25, -0.2) is 0 Å². The van der Waals surface area contributed by atoms with Crippen LogP contribution in [0.15, 0.2) is 45.3 Å². The molecule has 1 saturated carbocycles. The molecule has 2 aromatic heterocycles. The number of amides is 1. The van der Waals surface area contributed by atoms with E-state index in [4.69, 9.17) is 8.94 Å². The van der Waals surface area contributed by atoms with Gasteiger partial charge in [-0.05, 0) is 43.0 Å². The van der Waals surface area contributed by atoms with E-state index in [-0.39, 0.29) is 23.0 Å². The molecule has 9 heteroatoms. The van der Waals surface area contributed by atoms with Gasteiger partial charge in [-0.3, -0.25) is 4.79 Å². The first-order chi connectivity index (χ1) is 14.2. The molecular weight excluding hydrogens is 399 g/mol. The fourth-order valence-electron chi connectivity index (χ4n) is 3.07. The van der Waals surface area contributed by atoms with Gasteiger partial charge >= 0.3 is 6.18 Å². The third kappa shape index (κ3) is 4.24. The number of nitrogens with zero attached hydrogens (tertiary/aromatic N) is 2. The van der Waals surface area contributed by atoms with E-state index in [0.717, 1.165) is 25.0 Å². The molecule has 1 aliphatic rings. The first-order valence-electron chi connectivity index (χ1n) is 9.64. The van der Waals surface area contributed by atoms with E-state index in [9.17, 15) is 18.0 Å². The molecule has 158 valence electrons. The molecule has 1 aliphatic carbocycles. The van der Waals surface area contributed by atoms with Gasteiger partial charge in [-0.2, -0.15) is 18.2 Å². The summed E-state index contributed by atoms with van der Waals surface area (Å²) in [5.41, 5.74) is -0.555. The molecule has 6 nitrogen and oxygen atoms in total. The molecule has 1 fully saturated rings. The maximum atomic E-state index is 12.9. The molecule has 3 aromatic rings. The van der Waals surface area contributed by atoms with Crippen molar-refractivity contribution in [1.82, 2.24) is 15.5 Å². The number of aromatic nitrogens is 2. The van der Waals surface area contributed by atoms with Gasteiger partial charge in [0.15, 0.2) is 11.6 Å². The van der Waals surface area contributed by atoms with Gasteiger partial charge in [-0.1, -0.05) is 31.1 Å². The number of carbonyl (C=O) groups is 1. The highest BCUT2D eigenvalue weighted by molar-refractivity contribution is 5.92. The number of benzene rings is 1. The largest absolute Gasteiger partial charge is 0.451 e. The Morgan fingerprint density at radius 1 is 1.20 bits per heavy atom. The summed E-state index contributed by atoms with van der Waals surface area (Å²) in [6.07, 6.45) is -2.40. The fourth-order valence-corrected chi connectivity index (χ4v) is 3.07. The second-order valence-corrected chi connectivity index (χ2v) is 7.70. The average molecular weight is 419 g/mol. The zero-order valence-corrected chi connectivity index (χ0v) is 16.4. The van der Waals surface area contributed by atoms with Crippen LogP contribution in [0.1, 0.15) is 66.5 Å². The summed E-state index contributed by atoms with van der Waals surface area (Å²) in [5.74, 6) is 0.902. The summed E-state index contributed by atoms with van der Waals surface area (Å²) in [6.45, 7) is 3.81. The summed E-state index contributed by atoms with van der Waals surface area (Å²) in [5, 5.41) is 6.79. The van der Waals surface area contributed by atoms with Crippen LogP contribution in [0.4, 0.5) is 13.2 Å². The van der Waals surface area contributed by atoms with Gasteiger partial charge in [0, 0.05) is 11.5 Å². The number of hydrogen-bond donors (Lipinski definition) is 1. The molecule has 2 heterocycles. The third-order valence-electron chi connectivity index (χ3n) is 4.92. The SMILES string of the molecule is CC(C)C(NC(=O)c1ccc(-c2cccc(C(F)(F)F)c2)o1)c1nc(C2CC2)no1. The highest BCUT2D eigenvalue weighted by Crippen LogP contribution is 2.39.